The van der Waals surface area contributed by atoms with Gasteiger partial charge in [-0.15, -0.1) is 0 Å². The van der Waals surface area contributed by atoms with Gasteiger partial charge in [0.15, 0.2) is 0 Å². The van der Waals surface area contributed by atoms with Crippen molar-refractivity contribution < 1.29 is 14.8 Å². The van der Waals surface area contributed by atoms with Gasteiger partial charge in [0.1, 0.15) is 17.2 Å². The number of nitrogens with zero attached hydrogens (tertiary/aromatic N) is 1. The number of piperazine rings is 1. The van der Waals surface area contributed by atoms with E-state index in [1.54, 1.807) is 14.2 Å². The molecule has 4 nitrogen and oxygen atoms in total. The van der Waals surface area contributed by atoms with Crippen molar-refractivity contribution in [1.82, 2.24) is 0 Å². The van der Waals surface area contributed by atoms with Crippen molar-refractivity contribution in [2.24, 2.45) is 0 Å². The number of para-hydroxylation sites is 1. The first-order valence-electron chi connectivity index (χ1n) is 5.64. The molecule has 4 heteroatoms. The van der Waals surface area contributed by atoms with E-state index in [0.29, 0.717) is 0 Å². The van der Waals surface area contributed by atoms with Crippen molar-refractivity contribution in [2.45, 2.75) is 0 Å². The molecule has 1 heterocycles. The lowest BCUT2D eigenvalue weighted by molar-refractivity contribution is -0.655. The van der Waals surface area contributed by atoms with Gasteiger partial charge in [0.05, 0.1) is 40.4 Å². The van der Waals surface area contributed by atoms with E-state index in [1.807, 2.05) is 18.2 Å². The molecule has 1 aliphatic rings. The number of nitrogens with two attached hydrogens (primary N) is 1. The Labute approximate surface area is 96.2 Å². The van der Waals surface area contributed by atoms with Crippen molar-refractivity contribution in [3.63, 3.8) is 0 Å². The van der Waals surface area contributed by atoms with E-state index >= 15 is 0 Å². The monoisotopic (exact) mass is 223 g/mol. The van der Waals surface area contributed by atoms with Crippen LogP contribution < -0.4 is 19.7 Å². The van der Waals surface area contributed by atoms with Crippen LogP contribution in [0.2, 0.25) is 0 Å². The molecule has 0 atom stereocenters. The van der Waals surface area contributed by atoms with Gasteiger partial charge < -0.3 is 19.7 Å². The molecular weight excluding hydrogens is 204 g/mol. The van der Waals surface area contributed by atoms with Crippen LogP contribution in [-0.4, -0.2) is 40.4 Å². The SMILES string of the molecule is COc1cccc(OC)c1N1CC[NH2+]CC1. The molecule has 0 radical (unpaired) electrons. The second-order valence-corrected chi connectivity index (χ2v) is 3.86. The van der Waals surface area contributed by atoms with Crippen molar-refractivity contribution >= 4 is 5.69 Å². The van der Waals surface area contributed by atoms with Gasteiger partial charge in [0.2, 0.25) is 0 Å². The standard InChI is InChI=1S/C12H18N2O2/c1-15-10-4-3-5-11(16-2)12(10)14-8-6-13-7-9-14/h3-5,13H,6-9H2,1-2H3/p+1. The first kappa shape index (κ1) is 11.1. The molecule has 0 unspecified atom stereocenters. The minimum absolute atomic E-state index is 0.890. The molecule has 1 fully saturated rings. The molecule has 0 spiro atoms. The Balaban J connectivity index is 2.34. The highest BCUT2D eigenvalue weighted by Crippen LogP contribution is 2.37. The van der Waals surface area contributed by atoms with Gasteiger partial charge in [-0.3, -0.25) is 0 Å². The van der Waals surface area contributed by atoms with Crippen LogP contribution in [0.5, 0.6) is 11.5 Å². The lowest BCUT2D eigenvalue weighted by Crippen LogP contribution is -2.89. The Kier molecular flexibility index (Phi) is 3.51. The molecule has 88 valence electrons. The fourth-order valence-corrected chi connectivity index (χ4v) is 2.12. The summed E-state index contributed by atoms with van der Waals surface area (Å²) in [5, 5.41) is 2.33. The van der Waals surface area contributed by atoms with Crippen LogP contribution in [0, 0.1) is 0 Å². The maximum absolute atomic E-state index is 5.41. The van der Waals surface area contributed by atoms with Gasteiger partial charge in [0, 0.05) is 0 Å². The fourth-order valence-electron chi connectivity index (χ4n) is 2.12. The van der Waals surface area contributed by atoms with Gasteiger partial charge in [-0.25, -0.2) is 0 Å². The summed E-state index contributed by atoms with van der Waals surface area (Å²) in [6.45, 7) is 4.33. The van der Waals surface area contributed by atoms with Gasteiger partial charge in [-0.1, -0.05) is 6.07 Å². The number of methoxy groups -OCH3 is 2. The third kappa shape index (κ3) is 2.07. The summed E-state index contributed by atoms with van der Waals surface area (Å²) in [5.41, 5.74) is 1.08. The van der Waals surface area contributed by atoms with Gasteiger partial charge in [-0.2, -0.15) is 0 Å². The zero-order valence-corrected chi connectivity index (χ0v) is 9.90. The molecule has 0 amide bonds. The summed E-state index contributed by atoms with van der Waals surface area (Å²) in [7, 11) is 3.41. The quantitative estimate of drug-likeness (QED) is 0.789. The predicted octanol–water partition coefficient (Wildman–Crippen LogP) is 0.0872. The van der Waals surface area contributed by atoms with E-state index in [-0.39, 0.29) is 0 Å². The number of anilines is 1. The Morgan fingerprint density at radius 1 is 1.06 bits per heavy atom. The first-order valence-corrected chi connectivity index (χ1v) is 5.64. The molecule has 0 saturated carbocycles. The average Bonchev–Trinajstić information content (AvgIpc) is 2.38. The molecule has 16 heavy (non-hydrogen) atoms. The zero-order chi connectivity index (χ0) is 11.4. The molecule has 1 saturated heterocycles. The molecule has 1 aromatic rings. The van der Waals surface area contributed by atoms with Crippen LogP contribution >= 0.6 is 0 Å². The highest BCUT2D eigenvalue weighted by atomic mass is 16.5. The summed E-state index contributed by atoms with van der Waals surface area (Å²) in [4.78, 5) is 2.33. The molecule has 0 bridgehead atoms. The molecule has 0 aliphatic carbocycles. The maximum atomic E-state index is 5.41. The number of ether oxygens (including phenoxy) is 2. The third-order valence-corrected chi connectivity index (χ3v) is 2.92. The van der Waals surface area contributed by atoms with Crippen LogP contribution in [0.3, 0.4) is 0 Å². The minimum Gasteiger partial charge on any atom is -0.494 e. The summed E-state index contributed by atoms with van der Waals surface area (Å²) in [6.07, 6.45) is 0. The van der Waals surface area contributed by atoms with E-state index in [1.165, 1.54) is 0 Å². The summed E-state index contributed by atoms with van der Waals surface area (Å²) >= 11 is 0. The molecule has 1 aliphatic heterocycles. The smallest absolute Gasteiger partial charge is 0.146 e. The van der Waals surface area contributed by atoms with Gasteiger partial charge >= 0.3 is 0 Å². The van der Waals surface area contributed by atoms with Crippen LogP contribution in [0.4, 0.5) is 5.69 Å². The Bertz CT molecular complexity index is 327. The molecule has 1 aromatic carbocycles. The van der Waals surface area contributed by atoms with Crippen molar-refractivity contribution in [3.8, 4) is 11.5 Å². The van der Waals surface area contributed by atoms with Crippen LogP contribution in [0.15, 0.2) is 18.2 Å². The Morgan fingerprint density at radius 2 is 1.62 bits per heavy atom. The van der Waals surface area contributed by atoms with Gasteiger partial charge in [-0.05, 0) is 12.1 Å². The van der Waals surface area contributed by atoms with Crippen LogP contribution in [0.25, 0.3) is 0 Å². The van der Waals surface area contributed by atoms with Crippen molar-refractivity contribution in [3.05, 3.63) is 18.2 Å². The predicted molar refractivity (Wildman–Crippen MR) is 63.4 cm³/mol. The number of hydrogen-bond donors (Lipinski definition) is 1. The molecule has 2 N–H and O–H groups in total. The summed E-state index contributed by atoms with van der Waals surface area (Å²) < 4.78 is 10.8. The first-order chi connectivity index (χ1) is 7.86. The molecule has 2 rings (SSSR count). The summed E-state index contributed by atoms with van der Waals surface area (Å²) in [6, 6.07) is 5.92. The van der Waals surface area contributed by atoms with Crippen molar-refractivity contribution in [2.75, 3.05) is 45.3 Å². The van der Waals surface area contributed by atoms with Gasteiger partial charge in [0.25, 0.3) is 0 Å². The molecular formula is C12H19N2O2+. The largest absolute Gasteiger partial charge is 0.494 e. The van der Waals surface area contributed by atoms with Crippen molar-refractivity contribution in [1.29, 1.82) is 0 Å². The molecule has 0 aromatic heterocycles. The minimum atomic E-state index is 0.890. The maximum Gasteiger partial charge on any atom is 0.146 e. The van der Waals surface area contributed by atoms with E-state index in [9.17, 15) is 0 Å². The number of quaternary nitrogens is 1. The normalized spacial score (nSPS) is 16.0. The van der Waals surface area contributed by atoms with Crippen LogP contribution in [0.1, 0.15) is 0 Å². The second-order valence-electron chi connectivity index (χ2n) is 3.86. The highest BCUT2D eigenvalue weighted by molar-refractivity contribution is 5.68. The highest BCUT2D eigenvalue weighted by Gasteiger charge is 2.20. The topological polar surface area (TPSA) is 38.3 Å². The number of rotatable bonds is 3. The van der Waals surface area contributed by atoms with Crippen LogP contribution in [-0.2, 0) is 0 Å². The summed E-state index contributed by atoms with van der Waals surface area (Å²) in [5.74, 6) is 1.78. The average molecular weight is 223 g/mol. The number of hydrogen-bond acceptors (Lipinski definition) is 3. The Morgan fingerprint density at radius 3 is 2.12 bits per heavy atom. The third-order valence-electron chi connectivity index (χ3n) is 2.92. The second kappa shape index (κ2) is 5.07. The Hall–Kier alpha value is -1.42. The lowest BCUT2D eigenvalue weighted by atomic mass is 10.2. The van der Waals surface area contributed by atoms with E-state index in [0.717, 1.165) is 43.4 Å². The lowest BCUT2D eigenvalue weighted by Gasteiger charge is -2.29. The van der Waals surface area contributed by atoms with E-state index in [4.69, 9.17) is 9.47 Å². The fraction of sp³-hybridized carbons (Fsp3) is 0.500. The van der Waals surface area contributed by atoms with E-state index in [2.05, 4.69) is 10.2 Å². The van der Waals surface area contributed by atoms with E-state index < -0.39 is 0 Å². The number of benzene rings is 1. The zero-order valence-electron chi connectivity index (χ0n) is 9.90.